The van der Waals surface area contributed by atoms with E-state index < -0.39 is 0 Å². The van der Waals surface area contributed by atoms with E-state index in [2.05, 4.69) is 35.5 Å². The van der Waals surface area contributed by atoms with Crippen LogP contribution in [0.4, 0.5) is 5.82 Å². The van der Waals surface area contributed by atoms with E-state index >= 15 is 0 Å². The van der Waals surface area contributed by atoms with Crippen molar-refractivity contribution in [2.24, 2.45) is 0 Å². The van der Waals surface area contributed by atoms with E-state index in [4.69, 9.17) is 10.00 Å². The lowest BCUT2D eigenvalue weighted by molar-refractivity contribution is -0.115. The normalized spacial score (nSPS) is 14.6. The van der Waals surface area contributed by atoms with E-state index in [1.807, 2.05) is 30.5 Å². The van der Waals surface area contributed by atoms with Crippen LogP contribution >= 0.6 is 0 Å². The lowest BCUT2D eigenvalue weighted by atomic mass is 9.80. The van der Waals surface area contributed by atoms with Gasteiger partial charge in [0.25, 0.3) is 0 Å². The largest absolute Gasteiger partial charge is 0.379 e. The number of benzene rings is 2. The van der Waals surface area contributed by atoms with Crippen LogP contribution in [-0.2, 0) is 27.9 Å². The molecule has 0 spiro atoms. The molecular weight excluding hydrogens is 364 g/mol. The molecule has 2 heterocycles. The maximum Gasteiger partial charge on any atom is 0.229 e. The van der Waals surface area contributed by atoms with Crippen LogP contribution < -0.4 is 5.32 Å². The smallest absolute Gasteiger partial charge is 0.229 e. The average molecular weight is 386 g/mol. The van der Waals surface area contributed by atoms with Crippen molar-refractivity contribution in [1.82, 2.24) is 9.78 Å². The second-order valence-corrected chi connectivity index (χ2v) is 7.68. The highest BCUT2D eigenvalue weighted by Gasteiger charge is 2.34. The molecule has 0 saturated carbocycles. The molecule has 0 unspecified atom stereocenters. The number of nitriles is 1. The van der Waals surface area contributed by atoms with E-state index in [0.29, 0.717) is 24.3 Å². The summed E-state index contributed by atoms with van der Waals surface area (Å²) in [5, 5.41) is 16.1. The molecule has 6 heteroatoms. The van der Waals surface area contributed by atoms with E-state index in [1.54, 1.807) is 22.9 Å². The number of nitrogens with one attached hydrogen (secondary N) is 1. The SMILES string of the molecule is CC1(c2ccc(CC(=O)Nc3ccn(Cc4ccc(C#N)cc4)n3)cc2)COC1. The van der Waals surface area contributed by atoms with Gasteiger partial charge in [0.1, 0.15) is 0 Å². The number of rotatable bonds is 6. The summed E-state index contributed by atoms with van der Waals surface area (Å²) in [6.07, 6.45) is 2.12. The molecule has 6 nitrogen and oxygen atoms in total. The average Bonchev–Trinajstić information content (AvgIpc) is 3.14. The summed E-state index contributed by atoms with van der Waals surface area (Å²) in [4.78, 5) is 12.4. The minimum Gasteiger partial charge on any atom is -0.379 e. The highest BCUT2D eigenvalue weighted by Crippen LogP contribution is 2.31. The van der Waals surface area contributed by atoms with Crippen molar-refractivity contribution in [2.45, 2.75) is 25.3 Å². The molecule has 146 valence electrons. The topological polar surface area (TPSA) is 79.9 Å². The fourth-order valence-electron chi connectivity index (χ4n) is 3.36. The molecule has 0 radical (unpaired) electrons. The van der Waals surface area contributed by atoms with Crippen LogP contribution in [0.5, 0.6) is 0 Å². The van der Waals surface area contributed by atoms with Gasteiger partial charge < -0.3 is 10.1 Å². The van der Waals surface area contributed by atoms with Crippen molar-refractivity contribution < 1.29 is 9.53 Å². The Hall–Kier alpha value is -3.43. The Morgan fingerprint density at radius 3 is 2.45 bits per heavy atom. The highest BCUT2D eigenvalue weighted by molar-refractivity contribution is 5.91. The number of nitrogens with zero attached hydrogens (tertiary/aromatic N) is 3. The summed E-state index contributed by atoms with van der Waals surface area (Å²) in [5.41, 5.74) is 3.98. The van der Waals surface area contributed by atoms with Gasteiger partial charge in [-0.2, -0.15) is 10.4 Å². The van der Waals surface area contributed by atoms with Crippen LogP contribution in [0, 0.1) is 11.3 Å². The van der Waals surface area contributed by atoms with Gasteiger partial charge in [0, 0.05) is 17.7 Å². The first-order valence-electron chi connectivity index (χ1n) is 9.54. The number of ether oxygens (including phenoxy) is 1. The molecule has 0 aliphatic carbocycles. The van der Waals surface area contributed by atoms with Gasteiger partial charge in [-0.25, -0.2) is 0 Å². The van der Waals surface area contributed by atoms with Gasteiger partial charge in [-0.15, -0.1) is 0 Å². The number of aromatic nitrogens is 2. The zero-order chi connectivity index (χ0) is 20.3. The third kappa shape index (κ3) is 4.36. The molecule has 0 bridgehead atoms. The molecule has 4 rings (SSSR count). The van der Waals surface area contributed by atoms with Gasteiger partial charge in [0.2, 0.25) is 5.91 Å². The predicted octanol–water partition coefficient (Wildman–Crippen LogP) is 3.27. The molecule has 29 heavy (non-hydrogen) atoms. The van der Waals surface area contributed by atoms with Gasteiger partial charge in [0.05, 0.1) is 37.8 Å². The Balaban J connectivity index is 1.32. The van der Waals surface area contributed by atoms with E-state index in [-0.39, 0.29) is 11.3 Å². The first-order chi connectivity index (χ1) is 14.0. The highest BCUT2D eigenvalue weighted by atomic mass is 16.5. The van der Waals surface area contributed by atoms with E-state index in [9.17, 15) is 4.79 Å². The Kier molecular flexibility index (Phi) is 5.15. The second kappa shape index (κ2) is 7.90. The Morgan fingerprint density at radius 1 is 1.14 bits per heavy atom. The molecule has 1 N–H and O–H groups in total. The van der Waals surface area contributed by atoms with Crippen LogP contribution in [0.25, 0.3) is 0 Å². The maximum atomic E-state index is 12.4. The van der Waals surface area contributed by atoms with Crippen molar-refractivity contribution >= 4 is 11.7 Å². The molecule has 1 aliphatic rings. The predicted molar refractivity (Wildman–Crippen MR) is 109 cm³/mol. The first kappa shape index (κ1) is 18.9. The standard InChI is InChI=1S/C23H22N4O2/c1-23(15-29-16-23)20-8-6-17(7-9-20)12-22(28)25-21-10-11-27(26-21)14-19-4-2-18(13-24)3-5-19/h2-11H,12,14-16H2,1H3,(H,25,26,28). The molecule has 1 saturated heterocycles. The van der Waals surface area contributed by atoms with Crippen LogP contribution in [0.2, 0.25) is 0 Å². The third-order valence-electron chi connectivity index (χ3n) is 5.19. The number of hydrogen-bond acceptors (Lipinski definition) is 4. The van der Waals surface area contributed by atoms with E-state index in [1.165, 1.54) is 5.56 Å². The third-order valence-corrected chi connectivity index (χ3v) is 5.19. The number of amides is 1. The fraction of sp³-hybridized carbons (Fsp3) is 0.261. The summed E-state index contributed by atoms with van der Waals surface area (Å²) in [5.74, 6) is 0.430. The Labute approximate surface area is 169 Å². The van der Waals surface area contributed by atoms with Crippen LogP contribution in [0.3, 0.4) is 0 Å². The molecule has 1 aliphatic heterocycles. The molecule has 1 fully saturated rings. The zero-order valence-electron chi connectivity index (χ0n) is 16.3. The Morgan fingerprint density at radius 2 is 1.83 bits per heavy atom. The van der Waals surface area contributed by atoms with Crippen LogP contribution in [-0.4, -0.2) is 28.9 Å². The molecule has 0 atom stereocenters. The zero-order valence-corrected chi connectivity index (χ0v) is 16.3. The van der Waals surface area contributed by atoms with Gasteiger partial charge >= 0.3 is 0 Å². The van der Waals surface area contributed by atoms with Crippen molar-refractivity contribution in [3.8, 4) is 6.07 Å². The summed E-state index contributed by atoms with van der Waals surface area (Å²) >= 11 is 0. The number of hydrogen-bond donors (Lipinski definition) is 1. The summed E-state index contributed by atoms with van der Waals surface area (Å²) in [6.45, 7) is 4.26. The van der Waals surface area contributed by atoms with Crippen molar-refractivity contribution in [3.05, 3.63) is 83.0 Å². The van der Waals surface area contributed by atoms with Crippen molar-refractivity contribution in [1.29, 1.82) is 5.26 Å². The summed E-state index contributed by atoms with van der Waals surface area (Å²) in [6, 6.07) is 19.4. The lowest BCUT2D eigenvalue weighted by Gasteiger charge is -2.38. The number of carbonyl (C=O) groups excluding carboxylic acids is 1. The Bertz CT molecular complexity index is 1040. The molecule has 1 aromatic heterocycles. The van der Waals surface area contributed by atoms with Gasteiger partial charge in [-0.1, -0.05) is 43.3 Å². The fourth-order valence-corrected chi connectivity index (χ4v) is 3.36. The second-order valence-electron chi connectivity index (χ2n) is 7.68. The lowest BCUT2D eigenvalue weighted by Crippen LogP contribution is -2.43. The monoisotopic (exact) mass is 386 g/mol. The van der Waals surface area contributed by atoms with Crippen LogP contribution in [0.15, 0.2) is 60.8 Å². The summed E-state index contributed by atoms with van der Waals surface area (Å²) in [7, 11) is 0. The van der Waals surface area contributed by atoms with Gasteiger partial charge in [-0.3, -0.25) is 9.48 Å². The number of anilines is 1. The summed E-state index contributed by atoms with van der Waals surface area (Å²) < 4.78 is 7.07. The van der Waals surface area contributed by atoms with Crippen molar-refractivity contribution in [2.75, 3.05) is 18.5 Å². The molecule has 1 amide bonds. The van der Waals surface area contributed by atoms with E-state index in [0.717, 1.165) is 24.3 Å². The minimum absolute atomic E-state index is 0.0976. The van der Waals surface area contributed by atoms with Crippen LogP contribution in [0.1, 0.15) is 29.2 Å². The maximum absolute atomic E-state index is 12.4. The van der Waals surface area contributed by atoms with Crippen molar-refractivity contribution in [3.63, 3.8) is 0 Å². The minimum atomic E-state index is -0.0976. The quantitative estimate of drug-likeness (QED) is 0.705. The van der Waals surface area contributed by atoms with Gasteiger partial charge in [0.15, 0.2) is 5.82 Å². The molecule has 3 aromatic rings. The molecular formula is C23H22N4O2. The number of carbonyl (C=O) groups is 1. The first-order valence-corrected chi connectivity index (χ1v) is 9.54. The van der Waals surface area contributed by atoms with Gasteiger partial charge in [-0.05, 0) is 28.8 Å². The molecule has 2 aromatic carbocycles.